The molecular weight excluding hydrogens is 1010 g/mol. The number of rotatable bonds is 43. The molecule has 10 nitrogen and oxygen atoms in total. The first-order valence-electron chi connectivity index (χ1n) is 27.9. The van der Waals surface area contributed by atoms with E-state index >= 15 is 0 Å². The second-order valence-electron chi connectivity index (χ2n) is 19.6. The maximum absolute atomic E-state index is 12.9. The van der Waals surface area contributed by atoms with Crippen LogP contribution >= 0.6 is 11.3 Å². The first-order chi connectivity index (χ1) is 33.1. The first-order valence-corrected chi connectivity index (χ1v) is 28.8. The SMILES string of the molecule is CCCCCCCCC(CCCCCC)OC(=O)CCCC[C-]=O.CCCCCCCCC(CCCCCCCC)C(=O)OCCCCCC(=O)N1CCc2c(C(=O)OCCN(C)C)[c-]sc2C1.[I-].[Li-]. The summed E-state index contributed by atoms with van der Waals surface area (Å²) in [6, 6.07) is 0. The van der Waals surface area contributed by atoms with Crippen LogP contribution in [0.5, 0.6) is 0 Å². The number of halogens is 1. The molecule has 1 aromatic rings. The fourth-order valence-electron chi connectivity index (χ4n) is 8.69. The van der Waals surface area contributed by atoms with Crippen LogP contribution in [0, 0.1) is 11.3 Å². The Hall–Kier alpha value is -1.46. The number of likely N-dealkylation sites (N-methyl/N-ethyl adjacent to an activating group) is 1. The Kier molecular flexibility index (Phi) is 50.2. The second kappa shape index (κ2) is 49.7. The van der Waals surface area contributed by atoms with Gasteiger partial charge in [0, 0.05) is 32.5 Å². The monoisotopic (exact) mass is 1110 g/mol. The molecule has 0 saturated carbocycles. The zero-order chi connectivity index (χ0) is 49.9. The molecule has 1 aromatic heterocycles. The normalized spacial score (nSPS) is 12.3. The Morgan fingerprint density at radius 1 is 0.643 bits per heavy atom. The number of fused-ring (bicyclic) bond motifs is 1. The molecule has 2 heterocycles. The largest absolute Gasteiger partial charge is 1.00 e. The Labute approximate surface area is 462 Å². The zero-order valence-electron chi connectivity index (χ0n) is 45.9. The van der Waals surface area contributed by atoms with Gasteiger partial charge in [0.2, 0.25) is 11.9 Å². The summed E-state index contributed by atoms with van der Waals surface area (Å²) >= 11 is 1.42. The molecule has 0 bridgehead atoms. The predicted octanol–water partition coefficient (Wildman–Crippen LogP) is 11.3. The van der Waals surface area contributed by atoms with Gasteiger partial charge in [-0.05, 0) is 78.3 Å². The van der Waals surface area contributed by atoms with E-state index in [9.17, 15) is 24.0 Å². The summed E-state index contributed by atoms with van der Waals surface area (Å²) in [5.74, 6) is -0.240. The molecule has 0 N–H and O–H groups in total. The minimum Gasteiger partial charge on any atom is -1.00 e. The van der Waals surface area contributed by atoms with E-state index in [2.05, 4.69) is 33.1 Å². The van der Waals surface area contributed by atoms with Crippen molar-refractivity contribution in [3.05, 3.63) is 21.4 Å². The van der Waals surface area contributed by atoms with E-state index < -0.39 is 0 Å². The van der Waals surface area contributed by atoms with Crippen LogP contribution in [0.3, 0.4) is 0 Å². The molecule has 1 aliphatic heterocycles. The van der Waals surface area contributed by atoms with Gasteiger partial charge in [0.05, 0.1) is 19.1 Å². The quantitative estimate of drug-likeness (QED) is 0.0157. The van der Waals surface area contributed by atoms with Gasteiger partial charge in [0.1, 0.15) is 6.10 Å². The van der Waals surface area contributed by atoms with Crippen LogP contribution in [0.4, 0.5) is 0 Å². The minimum atomic E-state index is -0.319. The van der Waals surface area contributed by atoms with Crippen LogP contribution in [0.15, 0.2) is 0 Å². The van der Waals surface area contributed by atoms with Crippen LogP contribution < -0.4 is 24.0 Å². The van der Waals surface area contributed by atoms with Crippen molar-refractivity contribution in [1.29, 1.82) is 0 Å². The van der Waals surface area contributed by atoms with Crippen LogP contribution in [0.2, 0.25) is 0 Å². The van der Waals surface area contributed by atoms with E-state index in [1.165, 1.54) is 127 Å². The topological polar surface area (TPSA) is 120 Å². The number of carbonyl (C=O) groups excluding carboxylic acids is 5. The van der Waals surface area contributed by atoms with E-state index in [1.807, 2.05) is 30.2 Å². The van der Waals surface area contributed by atoms with Crippen LogP contribution in [0.25, 0.3) is 0 Å². The van der Waals surface area contributed by atoms with E-state index in [1.54, 1.807) is 0 Å². The van der Waals surface area contributed by atoms with Gasteiger partial charge in [0.15, 0.2) is 0 Å². The van der Waals surface area contributed by atoms with E-state index in [0.29, 0.717) is 64.1 Å². The average Bonchev–Trinajstić information content (AvgIpc) is 3.76. The molecule has 2 radical (unpaired) electrons. The van der Waals surface area contributed by atoms with Crippen LogP contribution in [-0.2, 0) is 46.4 Å². The molecular formula is C57H100ILiN2O8S-4. The Morgan fingerprint density at radius 2 is 1.14 bits per heavy atom. The van der Waals surface area contributed by atoms with Crippen LogP contribution in [-0.4, -0.2) is 105 Å². The van der Waals surface area contributed by atoms with Gasteiger partial charge < -0.3 is 76.4 Å². The third-order valence-electron chi connectivity index (χ3n) is 13.1. The number of ether oxygens (including phenoxy) is 3. The number of carbonyl (C=O) groups is 4. The molecule has 0 aliphatic carbocycles. The smallest absolute Gasteiger partial charge is 0.308 e. The van der Waals surface area contributed by atoms with Gasteiger partial charge in [-0.15, -0.1) is 5.56 Å². The molecule has 0 fully saturated rings. The van der Waals surface area contributed by atoms with E-state index in [4.69, 9.17) is 14.2 Å². The van der Waals surface area contributed by atoms with Crippen molar-refractivity contribution in [2.45, 2.75) is 265 Å². The number of hydrogen-bond acceptors (Lipinski definition) is 10. The molecule has 70 heavy (non-hydrogen) atoms. The van der Waals surface area contributed by atoms with Crippen molar-refractivity contribution in [2.24, 2.45) is 5.92 Å². The summed E-state index contributed by atoms with van der Waals surface area (Å²) in [5, 5.41) is 3.11. The van der Waals surface area contributed by atoms with Gasteiger partial charge in [-0.2, -0.15) is 6.42 Å². The second-order valence-corrected chi connectivity index (χ2v) is 20.5. The van der Waals surface area contributed by atoms with Crippen LogP contribution in [0.1, 0.15) is 267 Å². The fourth-order valence-corrected chi connectivity index (χ4v) is 9.67. The Balaban J connectivity index is 0. The summed E-state index contributed by atoms with van der Waals surface area (Å²) < 4.78 is 16.8. The van der Waals surface area contributed by atoms with Gasteiger partial charge in [-0.1, -0.05) is 185 Å². The maximum Gasteiger partial charge on any atom is 0.308 e. The molecule has 1 amide bonds. The summed E-state index contributed by atoms with van der Waals surface area (Å²) in [5.41, 5.74) is 1.52. The van der Waals surface area contributed by atoms with Gasteiger partial charge in [-0.25, -0.2) is 0 Å². The summed E-state index contributed by atoms with van der Waals surface area (Å²) in [6.45, 7) is 11.6. The van der Waals surface area contributed by atoms with E-state index in [-0.39, 0.29) is 78.7 Å². The van der Waals surface area contributed by atoms with Crippen molar-refractivity contribution in [3.8, 4) is 0 Å². The van der Waals surface area contributed by atoms with Crippen molar-refractivity contribution in [3.63, 3.8) is 0 Å². The number of esters is 3. The van der Waals surface area contributed by atoms with Gasteiger partial charge in [0.25, 0.3) is 0 Å². The first kappa shape index (κ1) is 70.6. The number of amides is 1. The molecule has 404 valence electrons. The molecule has 0 saturated heterocycles. The number of hydrogen-bond donors (Lipinski definition) is 0. The summed E-state index contributed by atoms with van der Waals surface area (Å²) in [7, 11) is 3.89. The fraction of sp³-hybridized carbons (Fsp3) is 0.842. The Morgan fingerprint density at radius 3 is 1.69 bits per heavy atom. The van der Waals surface area contributed by atoms with Crippen molar-refractivity contribution in [2.75, 3.05) is 40.4 Å². The Bertz CT molecular complexity index is 1410. The molecule has 0 spiro atoms. The number of nitrogens with zero attached hydrogens (tertiary/aromatic N) is 2. The van der Waals surface area contributed by atoms with Gasteiger partial charge >= 0.3 is 11.9 Å². The molecule has 2 rings (SSSR count). The number of thiophene rings is 1. The molecule has 1 aliphatic rings. The van der Waals surface area contributed by atoms with Crippen molar-refractivity contribution < 1.29 is 62.2 Å². The van der Waals surface area contributed by atoms with E-state index in [0.717, 1.165) is 93.9 Å². The third kappa shape index (κ3) is 37.3. The summed E-state index contributed by atoms with van der Waals surface area (Å²) in [6.07, 6.45) is 39.2. The number of unbranched alkanes of at least 4 members (excludes halogenated alkanes) is 22. The molecule has 1 atom stereocenters. The zero-order valence-corrected chi connectivity index (χ0v) is 48.9. The van der Waals surface area contributed by atoms with Crippen molar-refractivity contribution >= 4 is 60.3 Å². The maximum atomic E-state index is 12.9. The average molecular weight is 1110 g/mol. The molecule has 13 heteroatoms. The van der Waals surface area contributed by atoms with Crippen molar-refractivity contribution in [1.82, 2.24) is 9.80 Å². The standard InChI is InChI=1S/C36H61N2O5S.C21H39O3.HI.Li/c1-5-7-9-11-13-16-20-30(21-17-14-12-10-8-6-2)35(40)42-26-19-15-18-22-34(39)38-24-23-31-32(29-44-33(31)28-38)36(41)43-27-25-37(3)4;1-3-5-7-9-10-13-17-20(16-12-8-6-4-2)24-21(23)18-14-11-15-19-22;;/h30H,5-28H2,1-4H3;20H,3-18H2,1-2H3;1H;/q2*-1;;-1/p-1. The predicted molar refractivity (Wildman–Crippen MR) is 287 cm³/mol. The minimum absolute atomic E-state index is 0. The molecule has 0 aromatic carbocycles. The summed E-state index contributed by atoms with van der Waals surface area (Å²) in [4.78, 5) is 65.3. The third-order valence-corrected chi connectivity index (χ3v) is 14.0. The van der Waals surface area contributed by atoms with Gasteiger partial charge in [-0.3, -0.25) is 32.0 Å². The molecule has 1 unspecified atom stereocenters.